The monoisotopic (exact) mass is 190 g/mol. The number of aryl methyl sites for hydroxylation is 1. The predicted octanol–water partition coefficient (Wildman–Crippen LogP) is 3.82. The molecule has 76 valence electrons. The molecule has 0 aliphatic rings. The van der Waals surface area contributed by atoms with E-state index in [0.29, 0.717) is 0 Å². The van der Waals surface area contributed by atoms with E-state index in [1.807, 2.05) is 45.9 Å². The molecule has 1 rings (SSSR count). The molecular weight excluding hydrogens is 172 g/mol. The van der Waals surface area contributed by atoms with Crippen molar-refractivity contribution in [3.63, 3.8) is 0 Å². The summed E-state index contributed by atoms with van der Waals surface area (Å²) in [5, 5.41) is 0. The van der Waals surface area contributed by atoms with Gasteiger partial charge in [-0.2, -0.15) is 0 Å². The third kappa shape index (κ3) is 2.91. The maximum Gasteiger partial charge on any atom is 0.123 e. The summed E-state index contributed by atoms with van der Waals surface area (Å²) in [6.07, 6.45) is 1.83. The first-order valence-corrected chi connectivity index (χ1v) is 4.84. The van der Waals surface area contributed by atoms with Crippen LogP contribution in [0.3, 0.4) is 0 Å². The molecule has 0 unspecified atom stereocenters. The number of hydrogen-bond donors (Lipinski definition) is 0. The lowest BCUT2D eigenvalue weighted by Gasteiger charge is -2.22. The van der Waals surface area contributed by atoms with Crippen LogP contribution in [0.25, 0.3) is 6.08 Å². The van der Waals surface area contributed by atoms with E-state index >= 15 is 0 Å². The van der Waals surface area contributed by atoms with Gasteiger partial charge in [0.25, 0.3) is 0 Å². The topological polar surface area (TPSA) is 9.23 Å². The fraction of sp³-hybridized carbons (Fsp3) is 0.385. The number of benzene rings is 1. The Bertz CT molecular complexity index is 332. The molecule has 0 N–H and O–H groups in total. The fourth-order valence-electron chi connectivity index (χ4n) is 1.18. The average molecular weight is 190 g/mol. The molecule has 0 radical (unpaired) electrons. The Morgan fingerprint density at radius 1 is 1.29 bits per heavy atom. The van der Waals surface area contributed by atoms with Crippen molar-refractivity contribution >= 4 is 6.08 Å². The maximum atomic E-state index is 5.83. The van der Waals surface area contributed by atoms with Gasteiger partial charge in [-0.05, 0) is 44.9 Å². The van der Waals surface area contributed by atoms with Crippen LogP contribution >= 0.6 is 0 Å². The second kappa shape index (κ2) is 3.87. The Labute approximate surface area is 86.4 Å². The number of hydrogen-bond acceptors (Lipinski definition) is 1. The first kappa shape index (κ1) is 10.8. The molecule has 0 spiro atoms. The van der Waals surface area contributed by atoms with Crippen molar-refractivity contribution in [2.45, 2.75) is 33.3 Å². The van der Waals surface area contributed by atoms with Gasteiger partial charge in [0.1, 0.15) is 11.4 Å². The highest BCUT2D eigenvalue weighted by Crippen LogP contribution is 2.24. The fourth-order valence-corrected chi connectivity index (χ4v) is 1.18. The summed E-state index contributed by atoms with van der Waals surface area (Å²) < 4.78 is 5.83. The van der Waals surface area contributed by atoms with E-state index in [9.17, 15) is 0 Å². The van der Waals surface area contributed by atoms with E-state index in [-0.39, 0.29) is 5.60 Å². The quantitative estimate of drug-likeness (QED) is 0.689. The zero-order chi connectivity index (χ0) is 10.8. The van der Waals surface area contributed by atoms with Gasteiger partial charge in [0.2, 0.25) is 0 Å². The Balaban J connectivity index is 3.01. The molecule has 1 aromatic carbocycles. The standard InChI is InChI=1S/C13H18O/c1-6-11-8-7-10(2)12(9-11)14-13(3,4)5/h6-9H,1H2,2-5H3. The highest BCUT2D eigenvalue weighted by molar-refractivity contribution is 5.52. The minimum Gasteiger partial charge on any atom is -0.488 e. The van der Waals surface area contributed by atoms with Crippen LogP contribution in [0.15, 0.2) is 24.8 Å². The lowest BCUT2D eigenvalue weighted by molar-refractivity contribution is 0.130. The molecule has 0 saturated heterocycles. The minimum atomic E-state index is -0.148. The molecule has 1 aromatic rings. The van der Waals surface area contributed by atoms with Crippen LogP contribution in [0, 0.1) is 6.92 Å². The van der Waals surface area contributed by atoms with E-state index in [0.717, 1.165) is 16.9 Å². The van der Waals surface area contributed by atoms with E-state index in [1.54, 1.807) is 0 Å². The minimum absolute atomic E-state index is 0.148. The molecule has 0 amide bonds. The van der Waals surface area contributed by atoms with Crippen molar-refractivity contribution in [2.24, 2.45) is 0 Å². The van der Waals surface area contributed by atoms with Gasteiger partial charge in [-0.3, -0.25) is 0 Å². The lowest BCUT2D eigenvalue weighted by atomic mass is 10.1. The predicted molar refractivity (Wildman–Crippen MR) is 61.7 cm³/mol. The van der Waals surface area contributed by atoms with Crippen molar-refractivity contribution in [2.75, 3.05) is 0 Å². The van der Waals surface area contributed by atoms with Crippen LogP contribution in [0.5, 0.6) is 5.75 Å². The highest BCUT2D eigenvalue weighted by atomic mass is 16.5. The summed E-state index contributed by atoms with van der Waals surface area (Å²) in [5.74, 6) is 0.940. The van der Waals surface area contributed by atoms with Crippen molar-refractivity contribution in [3.05, 3.63) is 35.9 Å². The highest BCUT2D eigenvalue weighted by Gasteiger charge is 2.13. The second-order valence-corrected chi connectivity index (χ2v) is 4.44. The molecule has 0 aliphatic carbocycles. The van der Waals surface area contributed by atoms with E-state index in [1.165, 1.54) is 0 Å². The maximum absolute atomic E-state index is 5.83. The Hall–Kier alpha value is -1.24. The molecule has 0 heterocycles. The average Bonchev–Trinajstić information content (AvgIpc) is 2.06. The van der Waals surface area contributed by atoms with Gasteiger partial charge >= 0.3 is 0 Å². The van der Waals surface area contributed by atoms with E-state index in [2.05, 4.69) is 12.6 Å². The van der Waals surface area contributed by atoms with Crippen LogP contribution in [0.1, 0.15) is 31.9 Å². The molecule has 1 heteroatoms. The van der Waals surface area contributed by atoms with Crippen molar-refractivity contribution in [1.82, 2.24) is 0 Å². The largest absolute Gasteiger partial charge is 0.488 e. The summed E-state index contributed by atoms with van der Waals surface area (Å²) in [6.45, 7) is 11.9. The zero-order valence-electron chi connectivity index (χ0n) is 9.42. The van der Waals surface area contributed by atoms with E-state index in [4.69, 9.17) is 4.74 Å². The van der Waals surface area contributed by atoms with Gasteiger partial charge in [0, 0.05) is 0 Å². The first-order valence-electron chi connectivity index (χ1n) is 4.84. The van der Waals surface area contributed by atoms with Crippen LogP contribution < -0.4 is 4.74 Å². The van der Waals surface area contributed by atoms with E-state index < -0.39 is 0 Å². The molecular formula is C13H18O. The molecule has 14 heavy (non-hydrogen) atoms. The first-order chi connectivity index (χ1) is 6.42. The molecule has 0 fully saturated rings. The van der Waals surface area contributed by atoms with Crippen molar-refractivity contribution < 1.29 is 4.74 Å². The Morgan fingerprint density at radius 3 is 2.43 bits per heavy atom. The van der Waals surface area contributed by atoms with Gasteiger partial charge < -0.3 is 4.74 Å². The smallest absolute Gasteiger partial charge is 0.123 e. The molecule has 1 nitrogen and oxygen atoms in total. The molecule has 0 atom stereocenters. The second-order valence-electron chi connectivity index (χ2n) is 4.44. The number of ether oxygens (including phenoxy) is 1. The van der Waals surface area contributed by atoms with Gasteiger partial charge in [0.15, 0.2) is 0 Å². The van der Waals surface area contributed by atoms with Gasteiger partial charge in [-0.1, -0.05) is 24.8 Å². The lowest BCUT2D eigenvalue weighted by Crippen LogP contribution is -2.23. The van der Waals surface area contributed by atoms with Crippen LogP contribution in [0.4, 0.5) is 0 Å². The number of rotatable bonds is 2. The van der Waals surface area contributed by atoms with Crippen LogP contribution in [-0.4, -0.2) is 5.60 Å². The van der Waals surface area contributed by atoms with Gasteiger partial charge in [0.05, 0.1) is 0 Å². The summed E-state index contributed by atoms with van der Waals surface area (Å²) in [6, 6.07) is 6.11. The SMILES string of the molecule is C=Cc1ccc(C)c(OC(C)(C)C)c1. The molecule has 0 aliphatic heterocycles. The molecule has 0 saturated carbocycles. The van der Waals surface area contributed by atoms with Crippen molar-refractivity contribution in [3.8, 4) is 5.75 Å². The summed E-state index contributed by atoms with van der Waals surface area (Å²) in [7, 11) is 0. The van der Waals surface area contributed by atoms with Gasteiger partial charge in [-0.25, -0.2) is 0 Å². The zero-order valence-corrected chi connectivity index (χ0v) is 9.42. The summed E-state index contributed by atoms with van der Waals surface area (Å²) >= 11 is 0. The molecule has 0 aromatic heterocycles. The normalized spacial score (nSPS) is 11.1. The van der Waals surface area contributed by atoms with Crippen LogP contribution in [0.2, 0.25) is 0 Å². The summed E-state index contributed by atoms with van der Waals surface area (Å²) in [4.78, 5) is 0. The van der Waals surface area contributed by atoms with Crippen molar-refractivity contribution in [1.29, 1.82) is 0 Å². The third-order valence-electron chi connectivity index (χ3n) is 1.86. The van der Waals surface area contributed by atoms with Gasteiger partial charge in [-0.15, -0.1) is 0 Å². The Kier molecular flexibility index (Phi) is 3.00. The summed E-state index contributed by atoms with van der Waals surface area (Å²) in [5.41, 5.74) is 2.10. The Morgan fingerprint density at radius 2 is 1.93 bits per heavy atom. The molecule has 0 bridgehead atoms. The van der Waals surface area contributed by atoms with Crippen LogP contribution in [-0.2, 0) is 0 Å². The third-order valence-corrected chi connectivity index (χ3v) is 1.86.